The van der Waals surface area contributed by atoms with Crippen LogP contribution in [0.5, 0.6) is 5.75 Å². The number of ether oxygens (including phenoxy) is 1. The average molecular weight is 274 g/mol. The first-order chi connectivity index (χ1) is 9.08. The minimum absolute atomic E-state index is 0.0659. The molecule has 2 nitrogen and oxygen atoms in total. The lowest BCUT2D eigenvalue weighted by Gasteiger charge is -2.13. The van der Waals surface area contributed by atoms with E-state index in [4.69, 9.17) is 4.74 Å². The molecule has 2 rings (SSSR count). The highest BCUT2D eigenvalue weighted by molar-refractivity contribution is 7.85. The summed E-state index contributed by atoms with van der Waals surface area (Å²) in [5, 5.41) is 0. The van der Waals surface area contributed by atoms with E-state index in [1.54, 1.807) is 0 Å². The zero-order valence-corrected chi connectivity index (χ0v) is 12.2. The molecule has 0 N–H and O–H groups in total. The van der Waals surface area contributed by atoms with Gasteiger partial charge in [-0.15, -0.1) is 0 Å². The number of hydrogen-bond donors (Lipinski definition) is 0. The zero-order chi connectivity index (χ0) is 13.8. The molecule has 0 bridgehead atoms. The average Bonchev–Trinajstić information content (AvgIpc) is 2.39. The van der Waals surface area contributed by atoms with Crippen LogP contribution in [0.2, 0.25) is 0 Å². The van der Waals surface area contributed by atoms with E-state index in [1.807, 2.05) is 69.3 Å². The standard InChI is InChI=1S/C16H18O2S/c1-12(2)18-15-6-4-5-7-16(15)19(17)14-10-8-13(3)9-11-14/h4-12H,1-3H3. The van der Waals surface area contributed by atoms with E-state index in [-0.39, 0.29) is 6.10 Å². The predicted octanol–water partition coefficient (Wildman–Crippen LogP) is 3.95. The van der Waals surface area contributed by atoms with Gasteiger partial charge in [0.25, 0.3) is 0 Å². The third-order valence-corrected chi connectivity index (χ3v) is 4.08. The van der Waals surface area contributed by atoms with Gasteiger partial charge >= 0.3 is 0 Å². The Kier molecular flexibility index (Phi) is 4.38. The van der Waals surface area contributed by atoms with Gasteiger partial charge in [0.15, 0.2) is 0 Å². The minimum Gasteiger partial charge on any atom is -0.490 e. The van der Waals surface area contributed by atoms with Crippen molar-refractivity contribution in [3.63, 3.8) is 0 Å². The molecule has 0 aromatic heterocycles. The Hall–Kier alpha value is -1.61. The third kappa shape index (κ3) is 3.44. The molecular weight excluding hydrogens is 256 g/mol. The molecule has 0 aliphatic rings. The quantitative estimate of drug-likeness (QED) is 0.844. The maximum Gasteiger partial charge on any atom is 0.136 e. The Morgan fingerprint density at radius 2 is 1.63 bits per heavy atom. The van der Waals surface area contributed by atoms with Crippen molar-refractivity contribution in [2.75, 3.05) is 0 Å². The number of para-hydroxylation sites is 1. The van der Waals surface area contributed by atoms with Crippen molar-refractivity contribution in [2.24, 2.45) is 0 Å². The summed E-state index contributed by atoms with van der Waals surface area (Å²) in [6, 6.07) is 15.2. The molecule has 0 saturated heterocycles. The Morgan fingerprint density at radius 1 is 1.00 bits per heavy atom. The van der Waals surface area contributed by atoms with Crippen LogP contribution in [0.4, 0.5) is 0 Å². The Morgan fingerprint density at radius 3 is 2.26 bits per heavy atom. The SMILES string of the molecule is Cc1ccc(S(=O)c2ccccc2OC(C)C)cc1. The number of aryl methyl sites for hydroxylation is 1. The number of rotatable bonds is 4. The third-order valence-electron chi connectivity index (χ3n) is 2.65. The molecule has 0 heterocycles. The first-order valence-corrected chi connectivity index (χ1v) is 7.47. The fourth-order valence-corrected chi connectivity index (χ4v) is 2.88. The van der Waals surface area contributed by atoms with Gasteiger partial charge in [-0.05, 0) is 45.0 Å². The Labute approximate surface area is 116 Å². The van der Waals surface area contributed by atoms with Crippen molar-refractivity contribution in [3.05, 3.63) is 54.1 Å². The minimum atomic E-state index is -1.21. The van der Waals surface area contributed by atoms with E-state index < -0.39 is 10.8 Å². The van der Waals surface area contributed by atoms with Crippen molar-refractivity contribution < 1.29 is 8.95 Å². The van der Waals surface area contributed by atoms with Crippen molar-refractivity contribution in [1.29, 1.82) is 0 Å². The van der Waals surface area contributed by atoms with Crippen molar-refractivity contribution in [3.8, 4) is 5.75 Å². The predicted molar refractivity (Wildman–Crippen MR) is 78.1 cm³/mol. The van der Waals surface area contributed by atoms with Crippen LogP contribution in [0.3, 0.4) is 0 Å². The highest BCUT2D eigenvalue weighted by Crippen LogP contribution is 2.27. The second-order valence-corrected chi connectivity index (χ2v) is 6.14. The molecule has 0 spiro atoms. The summed E-state index contributed by atoms with van der Waals surface area (Å²) in [5.74, 6) is 0.691. The first-order valence-electron chi connectivity index (χ1n) is 6.32. The van der Waals surface area contributed by atoms with Gasteiger partial charge in [0.2, 0.25) is 0 Å². The van der Waals surface area contributed by atoms with Gasteiger partial charge in [-0.25, -0.2) is 4.21 Å². The van der Waals surface area contributed by atoms with E-state index in [0.29, 0.717) is 5.75 Å². The number of hydrogen-bond acceptors (Lipinski definition) is 2. The molecule has 0 aliphatic heterocycles. The summed E-state index contributed by atoms with van der Waals surface area (Å²) >= 11 is 0. The van der Waals surface area contributed by atoms with Crippen LogP contribution < -0.4 is 4.74 Å². The molecule has 0 fully saturated rings. The fourth-order valence-electron chi connectivity index (χ4n) is 1.74. The largest absolute Gasteiger partial charge is 0.490 e. The fraction of sp³-hybridized carbons (Fsp3) is 0.250. The van der Waals surface area contributed by atoms with Gasteiger partial charge in [-0.1, -0.05) is 29.8 Å². The molecule has 0 radical (unpaired) electrons. The smallest absolute Gasteiger partial charge is 0.136 e. The molecule has 1 atom stereocenters. The molecule has 0 aliphatic carbocycles. The van der Waals surface area contributed by atoms with E-state index in [9.17, 15) is 4.21 Å². The zero-order valence-electron chi connectivity index (χ0n) is 11.4. The normalized spacial score (nSPS) is 12.4. The van der Waals surface area contributed by atoms with Gasteiger partial charge < -0.3 is 4.74 Å². The van der Waals surface area contributed by atoms with E-state index in [2.05, 4.69) is 0 Å². The van der Waals surface area contributed by atoms with E-state index >= 15 is 0 Å². The maximum atomic E-state index is 12.6. The Bertz CT molecular complexity index is 574. The monoisotopic (exact) mass is 274 g/mol. The molecular formula is C16H18O2S. The van der Waals surface area contributed by atoms with Crippen LogP contribution >= 0.6 is 0 Å². The lowest BCUT2D eigenvalue weighted by molar-refractivity contribution is 0.236. The van der Waals surface area contributed by atoms with Crippen LogP contribution in [-0.4, -0.2) is 10.3 Å². The van der Waals surface area contributed by atoms with Crippen molar-refractivity contribution in [1.82, 2.24) is 0 Å². The number of benzene rings is 2. The van der Waals surface area contributed by atoms with Crippen LogP contribution in [0.25, 0.3) is 0 Å². The van der Waals surface area contributed by atoms with Gasteiger partial charge in [0.05, 0.1) is 21.8 Å². The van der Waals surface area contributed by atoms with E-state index in [1.165, 1.54) is 0 Å². The summed E-state index contributed by atoms with van der Waals surface area (Å²) in [7, 11) is -1.21. The second kappa shape index (κ2) is 6.02. The van der Waals surface area contributed by atoms with Gasteiger partial charge in [-0.2, -0.15) is 0 Å². The molecule has 1 unspecified atom stereocenters. The second-order valence-electron chi connectivity index (χ2n) is 4.70. The summed E-state index contributed by atoms with van der Waals surface area (Å²) in [4.78, 5) is 1.52. The molecule has 2 aromatic carbocycles. The van der Waals surface area contributed by atoms with Crippen molar-refractivity contribution >= 4 is 10.8 Å². The summed E-state index contributed by atoms with van der Waals surface area (Å²) < 4.78 is 18.3. The van der Waals surface area contributed by atoms with Crippen LogP contribution in [0.15, 0.2) is 58.3 Å². The maximum absolute atomic E-state index is 12.6. The summed E-state index contributed by atoms with van der Waals surface area (Å²) in [5.41, 5.74) is 1.16. The van der Waals surface area contributed by atoms with Crippen LogP contribution in [0, 0.1) is 6.92 Å². The molecule has 100 valence electrons. The summed E-state index contributed by atoms with van der Waals surface area (Å²) in [6.45, 7) is 5.94. The summed E-state index contributed by atoms with van der Waals surface area (Å²) in [6.07, 6.45) is 0.0659. The molecule has 0 saturated carbocycles. The Balaban J connectivity index is 2.35. The molecule has 0 amide bonds. The highest BCUT2D eigenvalue weighted by atomic mass is 32.2. The van der Waals surface area contributed by atoms with Gasteiger partial charge in [0.1, 0.15) is 5.75 Å². The lowest BCUT2D eigenvalue weighted by atomic mass is 10.2. The first kappa shape index (κ1) is 13.8. The highest BCUT2D eigenvalue weighted by Gasteiger charge is 2.13. The topological polar surface area (TPSA) is 26.3 Å². The van der Waals surface area contributed by atoms with Crippen molar-refractivity contribution in [2.45, 2.75) is 36.7 Å². The van der Waals surface area contributed by atoms with Crippen LogP contribution in [0.1, 0.15) is 19.4 Å². The molecule has 2 aromatic rings. The van der Waals surface area contributed by atoms with Gasteiger partial charge in [0, 0.05) is 4.90 Å². The van der Waals surface area contributed by atoms with E-state index in [0.717, 1.165) is 15.4 Å². The van der Waals surface area contributed by atoms with Crippen LogP contribution in [-0.2, 0) is 10.8 Å². The van der Waals surface area contributed by atoms with Gasteiger partial charge in [-0.3, -0.25) is 0 Å². The molecule has 19 heavy (non-hydrogen) atoms. The molecule has 3 heteroatoms. The lowest BCUT2D eigenvalue weighted by Crippen LogP contribution is -2.08.